The van der Waals surface area contributed by atoms with Crippen molar-refractivity contribution in [1.29, 1.82) is 0 Å². The summed E-state index contributed by atoms with van der Waals surface area (Å²) in [7, 11) is 0. The van der Waals surface area contributed by atoms with Crippen molar-refractivity contribution < 1.29 is 0 Å². The summed E-state index contributed by atoms with van der Waals surface area (Å²) in [6.45, 7) is 2.41. The van der Waals surface area contributed by atoms with Gasteiger partial charge in [-0.25, -0.2) is 0 Å². The van der Waals surface area contributed by atoms with Gasteiger partial charge in [0.2, 0.25) is 0 Å². The summed E-state index contributed by atoms with van der Waals surface area (Å²) in [6, 6.07) is 12.3. The van der Waals surface area contributed by atoms with E-state index in [-0.39, 0.29) is 0 Å². The monoisotopic (exact) mass is 258 g/mol. The Bertz CT molecular complexity index is 382. The van der Waals surface area contributed by atoms with Crippen LogP contribution in [0.2, 0.25) is 0 Å². The lowest BCUT2D eigenvalue weighted by Crippen LogP contribution is -2.48. The standard InChI is InChI=1S/C17H26N2/c18-15-10-12-19(13-11-15)17-9-5-4-8-16(17)14-6-2-1-3-7-14/h1-3,6-7,15-17H,4-5,8-13,18H2/t16-,17-/m1/s1. The number of likely N-dealkylation sites (tertiary alicyclic amines) is 1. The predicted octanol–water partition coefficient (Wildman–Crippen LogP) is 3.14. The molecule has 1 saturated heterocycles. The predicted molar refractivity (Wildman–Crippen MR) is 80.2 cm³/mol. The molecule has 3 rings (SSSR count). The van der Waals surface area contributed by atoms with Gasteiger partial charge in [0.05, 0.1) is 0 Å². The van der Waals surface area contributed by atoms with Gasteiger partial charge >= 0.3 is 0 Å². The zero-order valence-electron chi connectivity index (χ0n) is 11.8. The molecule has 0 aromatic heterocycles. The molecule has 0 bridgehead atoms. The summed E-state index contributed by atoms with van der Waals surface area (Å²) in [5.74, 6) is 0.740. The molecule has 2 nitrogen and oxygen atoms in total. The Kier molecular flexibility index (Phi) is 4.19. The number of nitrogens with two attached hydrogens (primary N) is 1. The molecule has 2 fully saturated rings. The zero-order chi connectivity index (χ0) is 13.1. The molecule has 19 heavy (non-hydrogen) atoms. The summed E-state index contributed by atoms with van der Waals surface area (Å²) in [5, 5.41) is 0. The van der Waals surface area contributed by atoms with E-state index in [9.17, 15) is 0 Å². The summed E-state index contributed by atoms with van der Waals surface area (Å²) in [5.41, 5.74) is 7.59. The van der Waals surface area contributed by atoms with Crippen molar-refractivity contribution in [3.8, 4) is 0 Å². The van der Waals surface area contributed by atoms with Crippen LogP contribution in [-0.2, 0) is 0 Å². The molecule has 0 spiro atoms. The Hall–Kier alpha value is -0.860. The van der Waals surface area contributed by atoms with Gasteiger partial charge in [0, 0.05) is 12.1 Å². The molecule has 1 saturated carbocycles. The average Bonchev–Trinajstić information content (AvgIpc) is 2.49. The third kappa shape index (κ3) is 3.01. The lowest BCUT2D eigenvalue weighted by atomic mass is 9.78. The SMILES string of the molecule is NC1CCN([C@@H]2CCCC[C@@H]2c2ccccc2)CC1. The number of hydrogen-bond acceptors (Lipinski definition) is 2. The minimum absolute atomic E-state index is 0.440. The molecular formula is C17H26N2. The molecule has 1 aromatic carbocycles. The van der Waals surface area contributed by atoms with E-state index >= 15 is 0 Å². The molecule has 0 amide bonds. The number of piperidine rings is 1. The van der Waals surface area contributed by atoms with Crippen LogP contribution in [0, 0.1) is 0 Å². The summed E-state index contributed by atoms with van der Waals surface area (Å²) in [6.07, 6.45) is 7.88. The molecule has 2 atom stereocenters. The Morgan fingerprint density at radius 1 is 0.895 bits per heavy atom. The second kappa shape index (κ2) is 6.06. The first-order valence-electron chi connectivity index (χ1n) is 7.89. The molecule has 2 N–H and O–H groups in total. The van der Waals surface area contributed by atoms with Crippen LogP contribution in [0.1, 0.15) is 50.0 Å². The first kappa shape index (κ1) is 13.1. The molecule has 1 aromatic rings. The quantitative estimate of drug-likeness (QED) is 0.883. The third-order valence-corrected chi connectivity index (χ3v) is 5.00. The van der Waals surface area contributed by atoms with Gasteiger partial charge in [0.25, 0.3) is 0 Å². The highest BCUT2D eigenvalue weighted by Gasteiger charge is 2.32. The summed E-state index contributed by atoms with van der Waals surface area (Å²) in [4.78, 5) is 2.72. The second-order valence-electron chi connectivity index (χ2n) is 6.24. The van der Waals surface area contributed by atoms with Gasteiger partial charge in [-0.05, 0) is 50.3 Å². The number of rotatable bonds is 2. The van der Waals surface area contributed by atoms with Crippen LogP contribution in [0.25, 0.3) is 0 Å². The van der Waals surface area contributed by atoms with E-state index in [0.717, 1.165) is 12.0 Å². The minimum atomic E-state index is 0.440. The Labute approximate surface area is 117 Å². The fraction of sp³-hybridized carbons (Fsp3) is 0.647. The maximum Gasteiger partial charge on any atom is 0.0164 e. The van der Waals surface area contributed by atoms with E-state index in [2.05, 4.69) is 35.2 Å². The van der Waals surface area contributed by atoms with Crippen molar-refractivity contribution in [2.75, 3.05) is 13.1 Å². The summed E-state index contributed by atoms with van der Waals surface area (Å²) < 4.78 is 0. The van der Waals surface area contributed by atoms with Gasteiger partial charge in [-0.2, -0.15) is 0 Å². The van der Waals surface area contributed by atoms with E-state index in [1.54, 1.807) is 5.56 Å². The fourth-order valence-corrected chi connectivity index (χ4v) is 3.89. The van der Waals surface area contributed by atoms with Crippen LogP contribution in [0.4, 0.5) is 0 Å². The maximum atomic E-state index is 6.05. The zero-order valence-corrected chi connectivity index (χ0v) is 11.8. The van der Waals surface area contributed by atoms with E-state index in [1.165, 1.54) is 51.6 Å². The van der Waals surface area contributed by atoms with E-state index < -0.39 is 0 Å². The van der Waals surface area contributed by atoms with Crippen LogP contribution in [0.5, 0.6) is 0 Å². The molecule has 104 valence electrons. The normalized spacial score (nSPS) is 30.4. The van der Waals surface area contributed by atoms with Gasteiger partial charge in [-0.1, -0.05) is 43.2 Å². The Morgan fingerprint density at radius 3 is 2.32 bits per heavy atom. The molecule has 1 heterocycles. The lowest BCUT2D eigenvalue weighted by molar-refractivity contribution is 0.106. The average molecular weight is 258 g/mol. The first-order chi connectivity index (χ1) is 9.34. The van der Waals surface area contributed by atoms with Gasteiger partial charge < -0.3 is 5.73 Å². The van der Waals surface area contributed by atoms with Crippen LogP contribution >= 0.6 is 0 Å². The van der Waals surface area contributed by atoms with Crippen molar-refractivity contribution in [2.24, 2.45) is 5.73 Å². The molecule has 2 aliphatic rings. The van der Waals surface area contributed by atoms with E-state index in [0.29, 0.717) is 6.04 Å². The largest absolute Gasteiger partial charge is 0.328 e. The van der Waals surface area contributed by atoms with Crippen LogP contribution < -0.4 is 5.73 Å². The highest BCUT2D eigenvalue weighted by Crippen LogP contribution is 2.36. The van der Waals surface area contributed by atoms with Crippen LogP contribution in [-0.4, -0.2) is 30.1 Å². The van der Waals surface area contributed by atoms with Gasteiger partial charge in [-0.3, -0.25) is 4.90 Å². The molecule has 1 aliphatic carbocycles. The van der Waals surface area contributed by atoms with Crippen molar-refractivity contribution in [2.45, 2.75) is 56.5 Å². The van der Waals surface area contributed by atoms with Crippen LogP contribution in [0.15, 0.2) is 30.3 Å². The Balaban J connectivity index is 1.74. The third-order valence-electron chi connectivity index (χ3n) is 5.00. The highest BCUT2D eigenvalue weighted by molar-refractivity contribution is 5.22. The van der Waals surface area contributed by atoms with Crippen molar-refractivity contribution >= 4 is 0 Å². The van der Waals surface area contributed by atoms with E-state index in [1.807, 2.05) is 0 Å². The minimum Gasteiger partial charge on any atom is -0.328 e. The molecule has 1 aliphatic heterocycles. The summed E-state index contributed by atoms with van der Waals surface area (Å²) >= 11 is 0. The van der Waals surface area contributed by atoms with Gasteiger partial charge in [0.1, 0.15) is 0 Å². The lowest BCUT2D eigenvalue weighted by Gasteiger charge is -2.43. The van der Waals surface area contributed by atoms with E-state index in [4.69, 9.17) is 5.73 Å². The number of hydrogen-bond donors (Lipinski definition) is 1. The maximum absolute atomic E-state index is 6.05. The smallest absolute Gasteiger partial charge is 0.0164 e. The number of benzene rings is 1. The molecular weight excluding hydrogens is 232 g/mol. The first-order valence-corrected chi connectivity index (χ1v) is 7.89. The topological polar surface area (TPSA) is 29.3 Å². The van der Waals surface area contributed by atoms with Crippen LogP contribution in [0.3, 0.4) is 0 Å². The highest BCUT2D eigenvalue weighted by atomic mass is 15.2. The van der Waals surface area contributed by atoms with Gasteiger partial charge in [-0.15, -0.1) is 0 Å². The number of nitrogens with zero attached hydrogens (tertiary/aromatic N) is 1. The van der Waals surface area contributed by atoms with Crippen molar-refractivity contribution in [3.63, 3.8) is 0 Å². The Morgan fingerprint density at radius 2 is 1.58 bits per heavy atom. The second-order valence-corrected chi connectivity index (χ2v) is 6.24. The molecule has 0 unspecified atom stereocenters. The molecule has 2 heteroatoms. The van der Waals surface area contributed by atoms with Gasteiger partial charge in [0.15, 0.2) is 0 Å². The fourth-order valence-electron chi connectivity index (χ4n) is 3.89. The molecule has 0 radical (unpaired) electrons. The van der Waals surface area contributed by atoms with Crippen molar-refractivity contribution in [1.82, 2.24) is 4.90 Å². The van der Waals surface area contributed by atoms with Crippen molar-refractivity contribution in [3.05, 3.63) is 35.9 Å².